The molecule has 0 radical (unpaired) electrons. The van der Waals surface area contributed by atoms with Gasteiger partial charge in [-0.15, -0.1) is 0 Å². The zero-order valence-corrected chi connectivity index (χ0v) is 12.2. The highest BCUT2D eigenvalue weighted by atomic mass is 19.1. The largest absolute Gasteiger partial charge is 0.371 e. The third-order valence-electron chi connectivity index (χ3n) is 4.30. The van der Waals surface area contributed by atoms with Crippen molar-refractivity contribution in [3.8, 4) is 0 Å². The van der Waals surface area contributed by atoms with Crippen molar-refractivity contribution in [2.45, 2.75) is 39.7 Å². The molecule has 1 heterocycles. The molecule has 1 aliphatic rings. The van der Waals surface area contributed by atoms with E-state index in [0.29, 0.717) is 0 Å². The van der Waals surface area contributed by atoms with Crippen molar-refractivity contribution in [1.29, 1.82) is 0 Å². The standard InChI is InChI=1S/C16H25FN2/c1-11(2)13-6-8-19(9-7-13)16-5-4-14(17)10-15(16)12(3)18/h4-5,10-13H,6-9,18H2,1-3H3. The van der Waals surface area contributed by atoms with Crippen LogP contribution in [0, 0.1) is 17.7 Å². The van der Waals surface area contributed by atoms with Gasteiger partial charge in [-0.05, 0) is 55.4 Å². The van der Waals surface area contributed by atoms with E-state index in [1.807, 2.05) is 13.0 Å². The summed E-state index contributed by atoms with van der Waals surface area (Å²) in [7, 11) is 0. The Morgan fingerprint density at radius 3 is 2.37 bits per heavy atom. The molecule has 0 aliphatic carbocycles. The molecule has 0 spiro atoms. The van der Waals surface area contributed by atoms with Gasteiger partial charge in [0.1, 0.15) is 5.82 Å². The van der Waals surface area contributed by atoms with Gasteiger partial charge in [0.25, 0.3) is 0 Å². The highest BCUT2D eigenvalue weighted by Gasteiger charge is 2.23. The molecule has 1 unspecified atom stereocenters. The van der Waals surface area contributed by atoms with Crippen LogP contribution in [-0.2, 0) is 0 Å². The Kier molecular flexibility index (Phi) is 4.46. The maximum absolute atomic E-state index is 13.4. The Morgan fingerprint density at radius 1 is 1.21 bits per heavy atom. The maximum atomic E-state index is 13.4. The first-order valence-electron chi connectivity index (χ1n) is 7.29. The quantitative estimate of drug-likeness (QED) is 0.901. The molecule has 3 heteroatoms. The van der Waals surface area contributed by atoms with Gasteiger partial charge in [-0.25, -0.2) is 4.39 Å². The summed E-state index contributed by atoms with van der Waals surface area (Å²) in [5.74, 6) is 1.37. The molecule has 2 N–H and O–H groups in total. The predicted octanol–water partition coefficient (Wildman–Crippen LogP) is 3.72. The van der Waals surface area contributed by atoms with Crippen LogP contribution < -0.4 is 10.6 Å². The summed E-state index contributed by atoms with van der Waals surface area (Å²) in [6.07, 6.45) is 2.43. The van der Waals surface area contributed by atoms with Crippen molar-refractivity contribution in [3.63, 3.8) is 0 Å². The minimum absolute atomic E-state index is 0.131. The molecular formula is C16H25FN2. The van der Waals surface area contributed by atoms with E-state index < -0.39 is 0 Å². The number of halogens is 1. The molecule has 19 heavy (non-hydrogen) atoms. The fraction of sp³-hybridized carbons (Fsp3) is 0.625. The second kappa shape index (κ2) is 5.91. The summed E-state index contributed by atoms with van der Waals surface area (Å²) in [6.45, 7) is 8.61. The summed E-state index contributed by atoms with van der Waals surface area (Å²) in [5, 5.41) is 0. The Bertz CT molecular complexity index is 421. The van der Waals surface area contributed by atoms with E-state index in [-0.39, 0.29) is 11.9 Å². The fourth-order valence-corrected chi connectivity index (χ4v) is 2.99. The number of rotatable bonds is 3. The van der Waals surface area contributed by atoms with E-state index in [1.54, 1.807) is 6.07 Å². The topological polar surface area (TPSA) is 29.3 Å². The molecule has 0 amide bonds. The molecule has 106 valence electrons. The summed E-state index contributed by atoms with van der Waals surface area (Å²) < 4.78 is 13.4. The number of hydrogen-bond acceptors (Lipinski definition) is 2. The number of nitrogens with zero attached hydrogens (tertiary/aromatic N) is 1. The smallest absolute Gasteiger partial charge is 0.123 e. The molecule has 1 aliphatic heterocycles. The SMILES string of the molecule is CC(N)c1cc(F)ccc1N1CCC(C(C)C)CC1. The third-order valence-corrected chi connectivity index (χ3v) is 4.30. The van der Waals surface area contributed by atoms with Crippen LogP contribution in [-0.4, -0.2) is 13.1 Å². The zero-order valence-electron chi connectivity index (χ0n) is 12.2. The van der Waals surface area contributed by atoms with Gasteiger partial charge in [0.2, 0.25) is 0 Å². The van der Waals surface area contributed by atoms with Gasteiger partial charge in [0.05, 0.1) is 0 Å². The first-order valence-corrected chi connectivity index (χ1v) is 7.29. The molecule has 2 rings (SSSR count). The van der Waals surface area contributed by atoms with Crippen molar-refractivity contribution in [3.05, 3.63) is 29.6 Å². The summed E-state index contributed by atoms with van der Waals surface area (Å²) in [5.41, 5.74) is 8.00. The summed E-state index contributed by atoms with van der Waals surface area (Å²) in [6, 6.07) is 4.86. The molecule has 0 bridgehead atoms. The van der Waals surface area contributed by atoms with E-state index in [4.69, 9.17) is 5.73 Å². The first-order chi connectivity index (χ1) is 8.99. The van der Waals surface area contributed by atoms with E-state index in [2.05, 4.69) is 18.7 Å². The molecule has 2 nitrogen and oxygen atoms in total. The van der Waals surface area contributed by atoms with Gasteiger partial charge < -0.3 is 10.6 Å². The van der Waals surface area contributed by atoms with Crippen LogP contribution in [0.3, 0.4) is 0 Å². The Labute approximate surface area is 115 Å². The lowest BCUT2D eigenvalue weighted by Crippen LogP contribution is -2.36. The molecule has 1 aromatic carbocycles. The highest BCUT2D eigenvalue weighted by molar-refractivity contribution is 5.55. The monoisotopic (exact) mass is 264 g/mol. The van der Waals surface area contributed by atoms with Crippen LogP contribution >= 0.6 is 0 Å². The normalized spacial score (nSPS) is 18.9. The van der Waals surface area contributed by atoms with Gasteiger partial charge in [-0.3, -0.25) is 0 Å². The first kappa shape index (κ1) is 14.3. The van der Waals surface area contributed by atoms with Gasteiger partial charge in [-0.2, -0.15) is 0 Å². The molecule has 0 aromatic heterocycles. The van der Waals surface area contributed by atoms with Gasteiger partial charge in [0, 0.05) is 24.8 Å². The average Bonchev–Trinajstić information content (AvgIpc) is 2.38. The predicted molar refractivity (Wildman–Crippen MR) is 78.8 cm³/mol. The van der Waals surface area contributed by atoms with E-state index in [0.717, 1.165) is 36.2 Å². The molecule has 1 aromatic rings. The molecule has 0 saturated carbocycles. The maximum Gasteiger partial charge on any atom is 0.123 e. The van der Waals surface area contributed by atoms with Crippen LogP contribution in [0.4, 0.5) is 10.1 Å². The van der Waals surface area contributed by atoms with Crippen molar-refractivity contribution in [1.82, 2.24) is 0 Å². The van der Waals surface area contributed by atoms with Crippen molar-refractivity contribution >= 4 is 5.69 Å². The molecule has 1 saturated heterocycles. The molecule has 1 fully saturated rings. The van der Waals surface area contributed by atoms with E-state index in [1.165, 1.54) is 18.9 Å². The van der Waals surface area contributed by atoms with Crippen molar-refractivity contribution < 1.29 is 4.39 Å². The minimum Gasteiger partial charge on any atom is -0.371 e. The van der Waals surface area contributed by atoms with Crippen LogP contribution in [0.5, 0.6) is 0 Å². The van der Waals surface area contributed by atoms with Crippen LogP contribution in [0.2, 0.25) is 0 Å². The van der Waals surface area contributed by atoms with Crippen LogP contribution in [0.25, 0.3) is 0 Å². The number of piperidine rings is 1. The highest BCUT2D eigenvalue weighted by Crippen LogP contribution is 2.31. The summed E-state index contributed by atoms with van der Waals surface area (Å²) >= 11 is 0. The average molecular weight is 264 g/mol. The molecule has 1 atom stereocenters. The van der Waals surface area contributed by atoms with Crippen LogP contribution in [0.15, 0.2) is 18.2 Å². The third kappa shape index (κ3) is 3.27. The minimum atomic E-state index is -0.201. The number of benzene rings is 1. The van der Waals surface area contributed by atoms with Crippen molar-refractivity contribution in [2.75, 3.05) is 18.0 Å². The second-order valence-electron chi connectivity index (χ2n) is 6.06. The van der Waals surface area contributed by atoms with Gasteiger partial charge >= 0.3 is 0 Å². The summed E-state index contributed by atoms with van der Waals surface area (Å²) in [4.78, 5) is 2.36. The number of hydrogen-bond donors (Lipinski definition) is 1. The Balaban J connectivity index is 2.15. The Morgan fingerprint density at radius 2 is 1.84 bits per heavy atom. The van der Waals surface area contributed by atoms with E-state index in [9.17, 15) is 4.39 Å². The number of nitrogens with two attached hydrogens (primary N) is 1. The van der Waals surface area contributed by atoms with E-state index >= 15 is 0 Å². The molecular weight excluding hydrogens is 239 g/mol. The lowest BCUT2D eigenvalue weighted by atomic mass is 9.86. The fourth-order valence-electron chi connectivity index (χ4n) is 2.99. The Hall–Kier alpha value is -1.09. The lowest BCUT2D eigenvalue weighted by Gasteiger charge is -2.36. The van der Waals surface area contributed by atoms with Crippen molar-refractivity contribution in [2.24, 2.45) is 17.6 Å². The van der Waals surface area contributed by atoms with Crippen LogP contribution in [0.1, 0.15) is 45.2 Å². The second-order valence-corrected chi connectivity index (χ2v) is 6.06. The van der Waals surface area contributed by atoms with Gasteiger partial charge in [0.15, 0.2) is 0 Å². The number of anilines is 1. The zero-order chi connectivity index (χ0) is 14.0. The lowest BCUT2D eigenvalue weighted by molar-refractivity contribution is 0.311. The van der Waals surface area contributed by atoms with Gasteiger partial charge in [-0.1, -0.05) is 13.8 Å².